The van der Waals surface area contributed by atoms with Gasteiger partial charge in [0.25, 0.3) is 5.91 Å². The molecule has 25 heavy (non-hydrogen) atoms. The molecule has 0 saturated carbocycles. The lowest BCUT2D eigenvalue weighted by molar-refractivity contribution is 0.0955. The van der Waals surface area contributed by atoms with Crippen molar-refractivity contribution in [3.63, 3.8) is 0 Å². The van der Waals surface area contributed by atoms with Gasteiger partial charge >= 0.3 is 0 Å². The predicted octanol–water partition coefficient (Wildman–Crippen LogP) is 2.09. The summed E-state index contributed by atoms with van der Waals surface area (Å²) in [6, 6.07) is 13.2. The minimum absolute atomic E-state index is 0. The minimum Gasteiger partial charge on any atom is -0.357 e. The van der Waals surface area contributed by atoms with Gasteiger partial charge in [-0.25, -0.2) is 0 Å². The molecule has 2 rings (SSSR count). The Kier molecular flexibility index (Phi) is 10.4. The van der Waals surface area contributed by atoms with Gasteiger partial charge in [0.1, 0.15) is 0 Å². The molecule has 1 aromatic carbocycles. The summed E-state index contributed by atoms with van der Waals surface area (Å²) < 4.78 is 2.11. The molecule has 1 heterocycles. The van der Waals surface area contributed by atoms with Crippen molar-refractivity contribution in [2.45, 2.75) is 13.5 Å². The van der Waals surface area contributed by atoms with E-state index >= 15 is 0 Å². The highest BCUT2D eigenvalue weighted by atomic mass is 127. The molecule has 0 bridgehead atoms. The lowest BCUT2D eigenvalue weighted by atomic mass is 10.2. The number of nitrogens with one attached hydrogen (secondary N) is 3. The van der Waals surface area contributed by atoms with Gasteiger partial charge in [-0.1, -0.05) is 18.2 Å². The first kappa shape index (κ1) is 21.0. The standard InChI is InChI=1S/C18H25N5O.HI/c1-2-19-18(22-12-15-23-13-6-7-14-23)21-11-10-20-17(24)16-8-4-3-5-9-16;/h3-9,13-14H,2,10-12,15H2,1H3,(H,20,24)(H2,19,21,22);1H. The number of aliphatic imine (C=N–C) groups is 1. The second kappa shape index (κ2) is 12.3. The van der Waals surface area contributed by atoms with Crippen LogP contribution in [0.3, 0.4) is 0 Å². The van der Waals surface area contributed by atoms with E-state index in [9.17, 15) is 4.79 Å². The Bertz CT molecular complexity index is 628. The lowest BCUT2D eigenvalue weighted by Crippen LogP contribution is -2.39. The summed E-state index contributed by atoms with van der Waals surface area (Å²) in [5, 5.41) is 9.35. The first-order chi connectivity index (χ1) is 11.8. The van der Waals surface area contributed by atoms with Crippen molar-refractivity contribution in [3.8, 4) is 0 Å². The van der Waals surface area contributed by atoms with Gasteiger partial charge in [-0.3, -0.25) is 9.79 Å². The molecule has 0 aliphatic rings. The average Bonchev–Trinajstić information content (AvgIpc) is 3.12. The number of guanidine groups is 1. The molecule has 7 heteroatoms. The average molecular weight is 455 g/mol. The Balaban J connectivity index is 0.00000312. The van der Waals surface area contributed by atoms with Gasteiger partial charge < -0.3 is 20.5 Å². The van der Waals surface area contributed by atoms with Gasteiger partial charge in [0, 0.05) is 44.1 Å². The van der Waals surface area contributed by atoms with Crippen LogP contribution in [-0.4, -0.2) is 42.6 Å². The number of amides is 1. The Hall–Kier alpha value is -2.03. The number of carbonyl (C=O) groups excluding carboxylic acids is 1. The molecule has 0 fully saturated rings. The van der Waals surface area contributed by atoms with Crippen molar-refractivity contribution in [2.24, 2.45) is 4.99 Å². The van der Waals surface area contributed by atoms with Crippen molar-refractivity contribution in [3.05, 3.63) is 60.4 Å². The smallest absolute Gasteiger partial charge is 0.251 e. The molecule has 1 aromatic heterocycles. The summed E-state index contributed by atoms with van der Waals surface area (Å²) in [6.45, 7) is 5.52. The van der Waals surface area contributed by atoms with Gasteiger partial charge in [0.2, 0.25) is 0 Å². The summed E-state index contributed by atoms with van der Waals surface area (Å²) in [4.78, 5) is 16.4. The third-order valence-corrected chi connectivity index (χ3v) is 3.38. The van der Waals surface area contributed by atoms with E-state index in [0.29, 0.717) is 18.7 Å². The number of rotatable bonds is 8. The maximum absolute atomic E-state index is 11.9. The van der Waals surface area contributed by atoms with Crippen LogP contribution in [0.15, 0.2) is 59.9 Å². The van der Waals surface area contributed by atoms with E-state index in [2.05, 4.69) is 25.5 Å². The van der Waals surface area contributed by atoms with Gasteiger partial charge in [-0.2, -0.15) is 0 Å². The Morgan fingerprint density at radius 3 is 2.40 bits per heavy atom. The van der Waals surface area contributed by atoms with Crippen molar-refractivity contribution in [2.75, 3.05) is 26.2 Å². The first-order valence-corrected chi connectivity index (χ1v) is 8.26. The van der Waals surface area contributed by atoms with Crippen LogP contribution in [0, 0.1) is 0 Å². The molecular weight excluding hydrogens is 429 g/mol. The molecule has 6 nitrogen and oxygen atoms in total. The van der Waals surface area contributed by atoms with Crippen LogP contribution in [0.5, 0.6) is 0 Å². The number of aromatic nitrogens is 1. The van der Waals surface area contributed by atoms with E-state index in [0.717, 1.165) is 25.6 Å². The topological polar surface area (TPSA) is 70.4 Å². The second-order valence-corrected chi connectivity index (χ2v) is 5.23. The largest absolute Gasteiger partial charge is 0.357 e. The molecule has 0 saturated heterocycles. The normalized spacial score (nSPS) is 10.7. The highest BCUT2D eigenvalue weighted by Gasteiger charge is 2.02. The number of hydrogen-bond donors (Lipinski definition) is 3. The molecule has 0 aliphatic carbocycles. The highest BCUT2D eigenvalue weighted by molar-refractivity contribution is 14.0. The van der Waals surface area contributed by atoms with Crippen LogP contribution in [0.25, 0.3) is 0 Å². The first-order valence-electron chi connectivity index (χ1n) is 8.26. The van der Waals surface area contributed by atoms with Crippen LogP contribution in [0.4, 0.5) is 0 Å². The van der Waals surface area contributed by atoms with Crippen molar-refractivity contribution in [1.82, 2.24) is 20.5 Å². The summed E-state index contributed by atoms with van der Waals surface area (Å²) in [5.41, 5.74) is 0.665. The van der Waals surface area contributed by atoms with Crippen LogP contribution in [-0.2, 0) is 6.54 Å². The summed E-state index contributed by atoms with van der Waals surface area (Å²) >= 11 is 0. The van der Waals surface area contributed by atoms with Gasteiger partial charge in [0.15, 0.2) is 5.96 Å². The third kappa shape index (κ3) is 8.06. The van der Waals surface area contributed by atoms with Crippen molar-refractivity contribution in [1.29, 1.82) is 0 Å². The molecule has 0 radical (unpaired) electrons. The van der Waals surface area contributed by atoms with E-state index in [1.807, 2.05) is 49.6 Å². The summed E-state index contributed by atoms with van der Waals surface area (Å²) in [5.74, 6) is 0.690. The SMILES string of the molecule is CCNC(=NCCNC(=O)c1ccccc1)NCCn1cccc1.I. The number of carbonyl (C=O) groups is 1. The van der Waals surface area contributed by atoms with E-state index in [4.69, 9.17) is 0 Å². The van der Waals surface area contributed by atoms with Gasteiger partial charge in [0.05, 0.1) is 6.54 Å². The van der Waals surface area contributed by atoms with Gasteiger partial charge in [-0.15, -0.1) is 24.0 Å². The van der Waals surface area contributed by atoms with E-state index in [1.165, 1.54) is 0 Å². The highest BCUT2D eigenvalue weighted by Crippen LogP contribution is 1.97. The Morgan fingerprint density at radius 1 is 1.00 bits per heavy atom. The second-order valence-electron chi connectivity index (χ2n) is 5.23. The fourth-order valence-corrected chi connectivity index (χ4v) is 2.19. The van der Waals surface area contributed by atoms with Crippen molar-refractivity contribution < 1.29 is 4.79 Å². The van der Waals surface area contributed by atoms with E-state index in [-0.39, 0.29) is 29.9 Å². The molecule has 0 aliphatic heterocycles. The molecule has 136 valence electrons. The van der Waals surface area contributed by atoms with Crippen LogP contribution in [0.2, 0.25) is 0 Å². The molecular formula is C18H26IN5O. The molecule has 3 N–H and O–H groups in total. The number of halogens is 1. The molecule has 1 amide bonds. The number of benzene rings is 1. The van der Waals surface area contributed by atoms with Crippen molar-refractivity contribution >= 4 is 35.8 Å². The maximum atomic E-state index is 11.9. The number of hydrogen-bond acceptors (Lipinski definition) is 2. The van der Waals surface area contributed by atoms with Gasteiger partial charge in [-0.05, 0) is 31.2 Å². The quantitative estimate of drug-likeness (QED) is 0.247. The van der Waals surface area contributed by atoms with Crippen LogP contribution >= 0.6 is 24.0 Å². The number of nitrogens with zero attached hydrogens (tertiary/aromatic N) is 2. The Morgan fingerprint density at radius 2 is 1.72 bits per heavy atom. The lowest BCUT2D eigenvalue weighted by Gasteiger charge is -2.12. The fraction of sp³-hybridized carbons (Fsp3) is 0.333. The molecule has 0 unspecified atom stereocenters. The van der Waals surface area contributed by atoms with E-state index in [1.54, 1.807) is 12.1 Å². The predicted molar refractivity (Wildman–Crippen MR) is 113 cm³/mol. The molecule has 2 aromatic rings. The fourth-order valence-electron chi connectivity index (χ4n) is 2.19. The van der Waals surface area contributed by atoms with Crippen LogP contribution in [0.1, 0.15) is 17.3 Å². The minimum atomic E-state index is -0.0728. The Labute approximate surface area is 166 Å². The zero-order chi connectivity index (χ0) is 17.0. The molecule has 0 spiro atoms. The monoisotopic (exact) mass is 455 g/mol. The molecule has 0 atom stereocenters. The van der Waals surface area contributed by atoms with Crippen LogP contribution < -0.4 is 16.0 Å². The summed E-state index contributed by atoms with van der Waals surface area (Å²) in [7, 11) is 0. The summed E-state index contributed by atoms with van der Waals surface area (Å²) in [6.07, 6.45) is 4.07. The zero-order valence-electron chi connectivity index (χ0n) is 14.4. The van der Waals surface area contributed by atoms with E-state index < -0.39 is 0 Å². The third-order valence-electron chi connectivity index (χ3n) is 3.38. The maximum Gasteiger partial charge on any atom is 0.251 e. The zero-order valence-corrected chi connectivity index (χ0v) is 16.8.